The molecule has 0 aliphatic carbocycles. The average Bonchev–Trinajstić information content (AvgIpc) is 3.15. The molecule has 2 aromatic rings. The molecule has 0 radical (unpaired) electrons. The number of hydrogen-bond donors (Lipinski definition) is 2. The van der Waals surface area contributed by atoms with E-state index in [1.165, 1.54) is 6.07 Å². The molecule has 3 rings (SSSR count). The Morgan fingerprint density at radius 3 is 2.67 bits per heavy atom. The number of carbonyl (C=O) groups is 1. The van der Waals surface area contributed by atoms with E-state index >= 15 is 0 Å². The van der Waals surface area contributed by atoms with Gasteiger partial charge in [-0.2, -0.15) is 0 Å². The molecule has 8 heteroatoms. The summed E-state index contributed by atoms with van der Waals surface area (Å²) in [6.45, 7) is 3.54. The summed E-state index contributed by atoms with van der Waals surface area (Å²) in [4.78, 5) is 17.8. The van der Waals surface area contributed by atoms with Gasteiger partial charge in [-0.3, -0.25) is 14.5 Å². The zero-order chi connectivity index (χ0) is 17.3. The number of hydrogen-bond acceptors (Lipinski definition) is 5. The highest BCUT2D eigenvalue weighted by molar-refractivity contribution is 7.90. The fourth-order valence-corrected chi connectivity index (χ4v) is 4.40. The summed E-state index contributed by atoms with van der Waals surface area (Å²) in [7, 11) is -3.60. The number of rotatable bonds is 4. The summed E-state index contributed by atoms with van der Waals surface area (Å²) in [6, 6.07) is 9.63. The predicted molar refractivity (Wildman–Crippen MR) is 93.6 cm³/mol. The lowest BCUT2D eigenvalue weighted by Crippen LogP contribution is -2.35. The maximum atomic E-state index is 12.3. The fraction of sp³-hybridized carbons (Fsp3) is 0.250. The first kappa shape index (κ1) is 16.7. The zero-order valence-electron chi connectivity index (χ0n) is 13.2. The summed E-state index contributed by atoms with van der Waals surface area (Å²) in [6.07, 6.45) is 0. The molecule has 0 fully saturated rings. The molecule has 0 saturated heterocycles. The number of aliphatic imine (C=N–C) groups is 1. The first-order valence-corrected chi connectivity index (χ1v) is 9.78. The summed E-state index contributed by atoms with van der Waals surface area (Å²) >= 11 is 1.57. The lowest BCUT2D eigenvalue weighted by atomic mass is 10.2. The first-order chi connectivity index (χ1) is 11.4. The van der Waals surface area contributed by atoms with Crippen LogP contribution in [0.2, 0.25) is 0 Å². The van der Waals surface area contributed by atoms with Crippen LogP contribution in [0.15, 0.2) is 51.7 Å². The summed E-state index contributed by atoms with van der Waals surface area (Å²) < 4.78 is 26.5. The van der Waals surface area contributed by atoms with Crippen LogP contribution in [0.4, 0.5) is 0 Å². The van der Waals surface area contributed by atoms with Crippen LogP contribution in [0.25, 0.3) is 0 Å². The van der Waals surface area contributed by atoms with Crippen LogP contribution in [0.3, 0.4) is 0 Å². The minimum atomic E-state index is -3.60. The lowest BCUT2D eigenvalue weighted by molar-refractivity contribution is -0.122. The van der Waals surface area contributed by atoms with E-state index in [9.17, 15) is 13.2 Å². The maximum absolute atomic E-state index is 12.3. The van der Waals surface area contributed by atoms with E-state index in [2.05, 4.69) is 15.0 Å². The fourth-order valence-electron chi connectivity index (χ4n) is 2.42. The smallest absolute Gasteiger partial charge is 0.263 e. The Bertz CT molecular complexity index is 889. The van der Waals surface area contributed by atoms with Gasteiger partial charge in [-0.25, -0.2) is 8.42 Å². The molecule has 0 bridgehead atoms. The van der Waals surface area contributed by atoms with Gasteiger partial charge in [0.05, 0.1) is 10.9 Å². The molecule has 1 aliphatic rings. The molecule has 0 saturated carbocycles. The molecule has 1 amide bonds. The van der Waals surface area contributed by atoms with Gasteiger partial charge in [-0.1, -0.05) is 18.2 Å². The molecule has 0 unspecified atom stereocenters. The predicted octanol–water partition coefficient (Wildman–Crippen LogP) is 2.05. The Kier molecular flexibility index (Phi) is 4.42. The number of amides is 1. The number of nitrogens with zero attached hydrogens (tertiary/aromatic N) is 1. The molecule has 24 heavy (non-hydrogen) atoms. The van der Waals surface area contributed by atoms with Crippen LogP contribution >= 0.6 is 11.3 Å². The van der Waals surface area contributed by atoms with E-state index in [1.54, 1.807) is 36.5 Å². The Labute approximate surface area is 144 Å². The number of carbonyl (C=O) groups excluding carboxylic acids is 1. The molecule has 2 heterocycles. The van der Waals surface area contributed by atoms with Gasteiger partial charge >= 0.3 is 0 Å². The van der Waals surface area contributed by atoms with Gasteiger partial charge in [-0.05, 0) is 37.4 Å². The van der Waals surface area contributed by atoms with Crippen molar-refractivity contribution in [1.82, 2.24) is 10.0 Å². The highest BCUT2D eigenvalue weighted by Gasteiger charge is 2.31. The third kappa shape index (κ3) is 3.20. The molecule has 1 aromatic heterocycles. The number of nitrogens with one attached hydrogen (secondary N) is 2. The molecule has 6 nitrogen and oxygen atoms in total. The second-order valence-corrected chi connectivity index (χ2v) is 8.13. The van der Waals surface area contributed by atoms with Gasteiger partial charge in [0, 0.05) is 10.4 Å². The van der Waals surface area contributed by atoms with Gasteiger partial charge in [0.1, 0.15) is 11.9 Å². The molecule has 2 atom stereocenters. The van der Waals surface area contributed by atoms with Gasteiger partial charge in [0.15, 0.2) is 0 Å². The number of benzene rings is 1. The van der Waals surface area contributed by atoms with Crippen LogP contribution < -0.4 is 10.0 Å². The molecular formula is C16H17N3O3S2. The van der Waals surface area contributed by atoms with Crippen LogP contribution in [0.1, 0.15) is 30.3 Å². The van der Waals surface area contributed by atoms with Crippen molar-refractivity contribution in [1.29, 1.82) is 0 Å². The minimum absolute atomic E-state index is 0.118. The van der Waals surface area contributed by atoms with Crippen LogP contribution in [-0.4, -0.2) is 26.2 Å². The van der Waals surface area contributed by atoms with Crippen molar-refractivity contribution in [2.24, 2.45) is 4.99 Å². The molecule has 0 spiro atoms. The quantitative estimate of drug-likeness (QED) is 0.871. The largest absolute Gasteiger partial charge is 0.347 e. The number of sulfonamides is 1. The third-order valence-corrected chi connectivity index (χ3v) is 6.15. The average molecular weight is 363 g/mol. The molecule has 126 valence electrons. The van der Waals surface area contributed by atoms with Gasteiger partial charge in [-0.15, -0.1) is 11.3 Å². The zero-order valence-corrected chi connectivity index (χ0v) is 14.8. The van der Waals surface area contributed by atoms with E-state index in [4.69, 9.17) is 0 Å². The normalized spacial score (nSPS) is 19.3. The van der Waals surface area contributed by atoms with Crippen molar-refractivity contribution in [2.45, 2.75) is 30.8 Å². The lowest BCUT2D eigenvalue weighted by Gasteiger charge is -2.14. The van der Waals surface area contributed by atoms with Crippen molar-refractivity contribution >= 4 is 33.1 Å². The van der Waals surface area contributed by atoms with E-state index < -0.39 is 16.1 Å². The Hall–Kier alpha value is -2.19. The van der Waals surface area contributed by atoms with Crippen molar-refractivity contribution in [2.75, 3.05) is 0 Å². The van der Waals surface area contributed by atoms with Gasteiger partial charge in [0.2, 0.25) is 5.91 Å². The third-order valence-electron chi connectivity index (χ3n) is 3.69. The van der Waals surface area contributed by atoms with Crippen molar-refractivity contribution in [3.8, 4) is 0 Å². The van der Waals surface area contributed by atoms with E-state index in [0.717, 1.165) is 4.88 Å². The monoisotopic (exact) mass is 363 g/mol. The second kappa shape index (κ2) is 6.37. The van der Waals surface area contributed by atoms with E-state index in [-0.39, 0.29) is 22.7 Å². The highest BCUT2D eigenvalue weighted by atomic mass is 32.2. The number of amidine groups is 1. The van der Waals surface area contributed by atoms with Gasteiger partial charge in [0.25, 0.3) is 10.0 Å². The maximum Gasteiger partial charge on any atom is 0.263 e. The molecule has 2 N–H and O–H groups in total. The van der Waals surface area contributed by atoms with Crippen LogP contribution in [-0.2, 0) is 14.8 Å². The number of thiophene rings is 1. The minimum Gasteiger partial charge on any atom is -0.347 e. The van der Waals surface area contributed by atoms with Crippen LogP contribution in [0, 0.1) is 0 Å². The second-order valence-electron chi connectivity index (χ2n) is 5.50. The van der Waals surface area contributed by atoms with Gasteiger partial charge < -0.3 is 5.32 Å². The first-order valence-electron chi connectivity index (χ1n) is 7.42. The molecule has 1 aromatic carbocycles. The van der Waals surface area contributed by atoms with E-state index in [0.29, 0.717) is 5.56 Å². The Morgan fingerprint density at radius 1 is 1.21 bits per heavy atom. The van der Waals surface area contributed by atoms with Crippen molar-refractivity contribution in [3.05, 3.63) is 52.2 Å². The standard InChI is InChI=1S/C16H17N3O3S2/c1-10(13-7-5-9-23-13)18-16(20)11(2)17-15-12-6-3-4-8-14(12)24(21,22)19-15/h3-11H,1-2H3,(H,17,19)(H,18,20)/t10-,11-/m0/s1. The molecular weight excluding hydrogens is 346 g/mol. The SMILES string of the molecule is C[C@H](N=C1NS(=O)(=O)c2ccccc21)C(=O)N[C@@H](C)c1cccs1. The summed E-state index contributed by atoms with van der Waals surface area (Å²) in [5.74, 6) is -0.0518. The van der Waals surface area contributed by atoms with Crippen LogP contribution in [0.5, 0.6) is 0 Å². The summed E-state index contributed by atoms with van der Waals surface area (Å²) in [5, 5.41) is 4.84. The molecule has 1 aliphatic heterocycles. The Balaban J connectivity index is 1.78. The highest BCUT2D eigenvalue weighted by Crippen LogP contribution is 2.23. The van der Waals surface area contributed by atoms with Crippen molar-refractivity contribution < 1.29 is 13.2 Å². The number of fused-ring (bicyclic) bond motifs is 1. The Morgan fingerprint density at radius 2 is 1.96 bits per heavy atom. The van der Waals surface area contributed by atoms with Crippen molar-refractivity contribution in [3.63, 3.8) is 0 Å². The van der Waals surface area contributed by atoms with E-state index in [1.807, 2.05) is 24.4 Å². The topological polar surface area (TPSA) is 87.6 Å². The summed E-state index contributed by atoms with van der Waals surface area (Å²) in [5.41, 5.74) is 0.489.